The van der Waals surface area contributed by atoms with Gasteiger partial charge in [0.2, 0.25) is 0 Å². The van der Waals surface area contributed by atoms with Crippen molar-refractivity contribution < 1.29 is 19.1 Å². The van der Waals surface area contributed by atoms with Gasteiger partial charge in [-0.25, -0.2) is 0 Å². The van der Waals surface area contributed by atoms with Crippen molar-refractivity contribution in [2.45, 2.75) is 12.5 Å². The predicted octanol–water partition coefficient (Wildman–Crippen LogP) is 4.04. The molecule has 1 amide bonds. The van der Waals surface area contributed by atoms with Gasteiger partial charge in [-0.05, 0) is 35.9 Å². The third-order valence-corrected chi connectivity index (χ3v) is 4.15. The Morgan fingerprint density at radius 3 is 2.32 bits per heavy atom. The molecule has 7 heteroatoms. The molecule has 0 heterocycles. The highest BCUT2D eigenvalue weighted by Crippen LogP contribution is 2.24. The summed E-state index contributed by atoms with van der Waals surface area (Å²) in [7, 11) is 2.86. The number of hydrogen-bond acceptors (Lipinski definition) is 4. The van der Waals surface area contributed by atoms with Crippen LogP contribution in [0.1, 0.15) is 28.4 Å². The van der Waals surface area contributed by atoms with Crippen LogP contribution in [0.15, 0.2) is 42.5 Å². The third kappa shape index (κ3) is 5.11. The van der Waals surface area contributed by atoms with Crippen LogP contribution in [-0.4, -0.2) is 26.1 Å². The lowest BCUT2D eigenvalue weighted by Gasteiger charge is -2.19. The number of methoxy groups -OCH3 is 2. The molecule has 1 N–H and O–H groups in total. The second-order valence-corrected chi connectivity index (χ2v) is 6.05. The topological polar surface area (TPSA) is 64.6 Å². The molecular weight excluding hydrogens is 365 g/mol. The first kappa shape index (κ1) is 19.1. The summed E-state index contributed by atoms with van der Waals surface area (Å²) in [6, 6.07) is 11.1. The van der Waals surface area contributed by atoms with Crippen molar-refractivity contribution in [2.75, 3.05) is 14.2 Å². The molecule has 1 atom stereocenters. The van der Waals surface area contributed by atoms with Crippen LogP contribution in [0.5, 0.6) is 5.75 Å². The van der Waals surface area contributed by atoms with Gasteiger partial charge in [0.25, 0.3) is 5.91 Å². The lowest BCUT2D eigenvalue weighted by molar-refractivity contribution is -0.141. The minimum absolute atomic E-state index is 0.0141. The number of nitrogens with one attached hydrogen (secondary N) is 1. The van der Waals surface area contributed by atoms with E-state index in [1.165, 1.54) is 19.2 Å². The fraction of sp³-hybridized carbons (Fsp3) is 0.222. The Labute approximate surface area is 155 Å². The molecule has 2 rings (SSSR count). The highest BCUT2D eigenvalue weighted by Gasteiger charge is 2.21. The zero-order valence-corrected chi connectivity index (χ0v) is 15.2. The molecule has 0 saturated carbocycles. The fourth-order valence-corrected chi connectivity index (χ4v) is 2.74. The van der Waals surface area contributed by atoms with Gasteiger partial charge in [-0.3, -0.25) is 9.59 Å². The Morgan fingerprint density at radius 2 is 1.76 bits per heavy atom. The summed E-state index contributed by atoms with van der Waals surface area (Å²) in [5, 5.41) is 3.47. The number of rotatable bonds is 6. The van der Waals surface area contributed by atoms with E-state index < -0.39 is 17.9 Å². The van der Waals surface area contributed by atoms with Crippen LogP contribution in [0.4, 0.5) is 0 Å². The number of benzene rings is 2. The van der Waals surface area contributed by atoms with Gasteiger partial charge in [-0.2, -0.15) is 0 Å². The number of esters is 1. The number of halogens is 2. The smallest absolute Gasteiger partial charge is 0.307 e. The zero-order chi connectivity index (χ0) is 18.4. The van der Waals surface area contributed by atoms with Crippen molar-refractivity contribution in [1.29, 1.82) is 0 Å². The van der Waals surface area contributed by atoms with E-state index >= 15 is 0 Å². The lowest BCUT2D eigenvalue weighted by atomic mass is 10.0. The normalized spacial score (nSPS) is 11.5. The second kappa shape index (κ2) is 8.74. The molecule has 0 aliphatic heterocycles. The van der Waals surface area contributed by atoms with Crippen LogP contribution in [0, 0.1) is 0 Å². The van der Waals surface area contributed by atoms with Gasteiger partial charge < -0.3 is 14.8 Å². The maximum absolute atomic E-state index is 12.5. The third-order valence-electron chi connectivity index (χ3n) is 3.60. The van der Waals surface area contributed by atoms with Gasteiger partial charge in [0.05, 0.1) is 37.3 Å². The second-order valence-electron chi connectivity index (χ2n) is 5.20. The van der Waals surface area contributed by atoms with Gasteiger partial charge in [0.1, 0.15) is 5.75 Å². The SMILES string of the molecule is COC(=O)CC(NC(=O)c1ccc(Cl)cc1Cl)c1ccc(OC)cc1. The summed E-state index contributed by atoms with van der Waals surface area (Å²) in [5.41, 5.74) is 1.01. The largest absolute Gasteiger partial charge is 0.497 e. The number of hydrogen-bond donors (Lipinski definition) is 1. The molecule has 0 bridgehead atoms. The fourth-order valence-electron chi connectivity index (χ4n) is 2.25. The molecule has 0 aliphatic rings. The first-order valence-corrected chi connectivity index (χ1v) is 8.17. The molecule has 0 aromatic heterocycles. The molecule has 0 fully saturated rings. The van der Waals surface area contributed by atoms with E-state index in [1.54, 1.807) is 37.4 Å². The Balaban J connectivity index is 2.25. The molecule has 0 aliphatic carbocycles. The average molecular weight is 382 g/mol. The summed E-state index contributed by atoms with van der Waals surface area (Å²) in [6.07, 6.45) is -0.0141. The molecule has 132 valence electrons. The quantitative estimate of drug-likeness (QED) is 0.766. The molecule has 0 spiro atoms. The number of ether oxygens (including phenoxy) is 2. The lowest BCUT2D eigenvalue weighted by Crippen LogP contribution is -2.30. The first-order valence-electron chi connectivity index (χ1n) is 7.41. The van der Waals surface area contributed by atoms with Crippen LogP contribution in [0.3, 0.4) is 0 Å². The van der Waals surface area contributed by atoms with Crippen molar-refractivity contribution in [1.82, 2.24) is 5.32 Å². The minimum atomic E-state index is -0.572. The van der Waals surface area contributed by atoms with E-state index in [-0.39, 0.29) is 17.0 Å². The van der Waals surface area contributed by atoms with Gasteiger partial charge in [-0.15, -0.1) is 0 Å². The van der Waals surface area contributed by atoms with Crippen LogP contribution in [0.2, 0.25) is 10.0 Å². The highest BCUT2D eigenvalue weighted by atomic mass is 35.5. The van der Waals surface area contributed by atoms with Crippen LogP contribution < -0.4 is 10.1 Å². The van der Waals surface area contributed by atoms with Gasteiger partial charge in [-0.1, -0.05) is 35.3 Å². The van der Waals surface area contributed by atoms with Gasteiger partial charge in [0, 0.05) is 5.02 Å². The minimum Gasteiger partial charge on any atom is -0.497 e. The summed E-state index contributed by atoms with van der Waals surface area (Å²) >= 11 is 11.9. The van der Waals surface area contributed by atoms with Crippen molar-refractivity contribution >= 4 is 35.1 Å². The Bertz CT molecular complexity index is 762. The molecule has 25 heavy (non-hydrogen) atoms. The van der Waals surface area contributed by atoms with E-state index in [0.717, 1.165) is 5.56 Å². The van der Waals surface area contributed by atoms with E-state index in [0.29, 0.717) is 10.8 Å². The van der Waals surface area contributed by atoms with E-state index in [2.05, 4.69) is 5.32 Å². The van der Waals surface area contributed by atoms with Crippen LogP contribution in [0.25, 0.3) is 0 Å². The van der Waals surface area contributed by atoms with Crippen LogP contribution in [-0.2, 0) is 9.53 Å². The zero-order valence-electron chi connectivity index (χ0n) is 13.7. The molecule has 2 aromatic carbocycles. The number of amides is 1. The Kier molecular flexibility index (Phi) is 6.67. The summed E-state index contributed by atoms with van der Waals surface area (Å²) in [4.78, 5) is 24.2. The molecule has 0 saturated heterocycles. The maximum Gasteiger partial charge on any atom is 0.307 e. The van der Waals surface area contributed by atoms with Crippen molar-refractivity contribution in [3.63, 3.8) is 0 Å². The number of carbonyl (C=O) groups excluding carboxylic acids is 2. The number of carbonyl (C=O) groups is 2. The van der Waals surface area contributed by atoms with Gasteiger partial charge in [0.15, 0.2) is 0 Å². The van der Waals surface area contributed by atoms with Crippen molar-refractivity contribution in [2.24, 2.45) is 0 Å². The summed E-state index contributed by atoms with van der Waals surface area (Å²) in [5.74, 6) is -0.178. The van der Waals surface area contributed by atoms with Gasteiger partial charge >= 0.3 is 5.97 Å². The Morgan fingerprint density at radius 1 is 1.08 bits per heavy atom. The molecule has 1 unspecified atom stereocenters. The van der Waals surface area contributed by atoms with Crippen molar-refractivity contribution in [3.8, 4) is 5.75 Å². The predicted molar refractivity (Wildman–Crippen MR) is 96.3 cm³/mol. The standard InChI is InChI=1S/C18H17Cl2NO4/c1-24-13-6-3-11(4-7-13)16(10-17(22)25-2)21-18(23)14-8-5-12(19)9-15(14)20/h3-9,16H,10H2,1-2H3,(H,21,23). The summed E-state index contributed by atoms with van der Waals surface area (Å²) < 4.78 is 9.83. The maximum atomic E-state index is 12.5. The van der Waals surface area contributed by atoms with E-state index in [9.17, 15) is 9.59 Å². The average Bonchev–Trinajstić information content (AvgIpc) is 2.60. The van der Waals surface area contributed by atoms with Crippen LogP contribution >= 0.6 is 23.2 Å². The monoisotopic (exact) mass is 381 g/mol. The first-order chi connectivity index (χ1) is 11.9. The van der Waals surface area contributed by atoms with E-state index in [4.69, 9.17) is 32.7 Å². The highest BCUT2D eigenvalue weighted by molar-refractivity contribution is 6.36. The molecular formula is C18H17Cl2NO4. The summed E-state index contributed by atoms with van der Waals surface area (Å²) in [6.45, 7) is 0. The Hall–Kier alpha value is -2.24. The van der Waals surface area contributed by atoms with E-state index in [1.807, 2.05) is 0 Å². The molecule has 5 nitrogen and oxygen atoms in total. The molecule has 2 aromatic rings. The van der Waals surface area contributed by atoms with Crippen molar-refractivity contribution in [3.05, 3.63) is 63.6 Å². The molecule has 0 radical (unpaired) electrons.